The molecule has 1 aliphatic rings. The van der Waals surface area contributed by atoms with Gasteiger partial charge < -0.3 is 10.6 Å². The summed E-state index contributed by atoms with van der Waals surface area (Å²) in [6, 6.07) is 8.74. The highest BCUT2D eigenvalue weighted by atomic mass is 15.2. The molecule has 0 spiro atoms. The first kappa shape index (κ1) is 13.9. The topological polar surface area (TPSA) is 66.0 Å². The molecular formula is C17H22N4. The van der Waals surface area contributed by atoms with Gasteiger partial charge in [-0.25, -0.2) is 0 Å². The molecule has 0 atom stereocenters. The Bertz CT molecular complexity index is 661. The van der Waals surface area contributed by atoms with E-state index in [-0.39, 0.29) is 5.84 Å². The van der Waals surface area contributed by atoms with Crippen molar-refractivity contribution >= 4 is 22.4 Å². The van der Waals surface area contributed by atoms with Gasteiger partial charge in [-0.1, -0.05) is 31.5 Å². The summed E-state index contributed by atoms with van der Waals surface area (Å²) in [5.74, 6) is 0.102. The van der Waals surface area contributed by atoms with Crippen LogP contribution in [0.2, 0.25) is 0 Å². The molecule has 0 radical (unpaired) electrons. The molecule has 110 valence electrons. The Morgan fingerprint density at radius 3 is 2.81 bits per heavy atom. The second-order valence-electron chi connectivity index (χ2n) is 5.73. The lowest BCUT2D eigenvalue weighted by atomic mass is 10.1. The second kappa shape index (κ2) is 5.72. The van der Waals surface area contributed by atoms with E-state index in [1.165, 1.54) is 19.3 Å². The number of nitrogen functional groups attached to an aromatic ring is 1. The molecule has 4 nitrogen and oxygen atoms in total. The fourth-order valence-corrected chi connectivity index (χ4v) is 2.82. The van der Waals surface area contributed by atoms with Crippen LogP contribution in [0.4, 0.5) is 5.69 Å². The van der Waals surface area contributed by atoms with Gasteiger partial charge in [-0.15, -0.1) is 0 Å². The van der Waals surface area contributed by atoms with Gasteiger partial charge in [0.2, 0.25) is 0 Å². The third-order valence-corrected chi connectivity index (χ3v) is 4.06. The predicted octanol–water partition coefficient (Wildman–Crippen LogP) is 3.29. The van der Waals surface area contributed by atoms with Gasteiger partial charge in [-0.05, 0) is 25.3 Å². The average molecular weight is 282 g/mol. The summed E-state index contributed by atoms with van der Waals surface area (Å²) in [6.07, 6.45) is 6.54. The number of nitrogens with one attached hydrogen (secondary N) is 1. The molecule has 3 N–H and O–H groups in total. The molecule has 0 bridgehead atoms. The van der Waals surface area contributed by atoms with Crippen LogP contribution in [-0.2, 0) is 0 Å². The summed E-state index contributed by atoms with van der Waals surface area (Å²) in [5.41, 5.74) is 8.64. The molecule has 21 heavy (non-hydrogen) atoms. The standard InChI is InChI=1S/C17H22N4/c1-2-3-10-21(12-8-9-12)16-13-6-4-5-7-15(13)20-11-14(16)17(18)19/h4-7,11-12H,2-3,8-10H2,1H3,(H3,18,19). The first-order chi connectivity index (χ1) is 10.2. The minimum absolute atomic E-state index is 0.102. The smallest absolute Gasteiger partial charge is 0.126 e. The van der Waals surface area contributed by atoms with E-state index in [4.69, 9.17) is 11.1 Å². The van der Waals surface area contributed by atoms with Crippen LogP contribution >= 0.6 is 0 Å². The molecule has 1 aliphatic carbocycles. The van der Waals surface area contributed by atoms with E-state index in [0.717, 1.165) is 35.1 Å². The minimum atomic E-state index is 0.102. The minimum Gasteiger partial charge on any atom is -0.384 e. The van der Waals surface area contributed by atoms with E-state index in [2.05, 4.69) is 22.9 Å². The Labute approximate surface area is 125 Å². The SMILES string of the molecule is CCCCN(c1c(C(=N)N)cnc2ccccc12)C1CC1. The van der Waals surface area contributed by atoms with Crippen molar-refractivity contribution in [3.05, 3.63) is 36.0 Å². The Morgan fingerprint density at radius 2 is 2.14 bits per heavy atom. The third kappa shape index (κ3) is 2.71. The van der Waals surface area contributed by atoms with Gasteiger partial charge in [0, 0.05) is 24.2 Å². The number of unbranched alkanes of at least 4 members (excludes halogenated alkanes) is 1. The number of pyridine rings is 1. The van der Waals surface area contributed by atoms with Crippen molar-refractivity contribution in [3.63, 3.8) is 0 Å². The molecule has 2 aromatic rings. The maximum Gasteiger partial charge on any atom is 0.126 e. The van der Waals surface area contributed by atoms with Crippen molar-refractivity contribution in [2.24, 2.45) is 5.73 Å². The molecule has 0 amide bonds. The number of nitrogens with two attached hydrogens (primary N) is 1. The van der Waals surface area contributed by atoms with Crippen LogP contribution < -0.4 is 10.6 Å². The summed E-state index contributed by atoms with van der Waals surface area (Å²) in [6.45, 7) is 3.23. The Kier molecular flexibility index (Phi) is 3.78. The van der Waals surface area contributed by atoms with Crippen LogP contribution in [0.25, 0.3) is 10.9 Å². The van der Waals surface area contributed by atoms with Gasteiger partial charge in [-0.2, -0.15) is 0 Å². The number of benzene rings is 1. The zero-order valence-corrected chi connectivity index (χ0v) is 12.5. The molecular weight excluding hydrogens is 260 g/mol. The largest absolute Gasteiger partial charge is 0.384 e. The normalized spacial score (nSPS) is 14.3. The number of amidine groups is 1. The molecule has 0 unspecified atom stereocenters. The Balaban J connectivity index is 2.16. The zero-order valence-electron chi connectivity index (χ0n) is 12.5. The lowest BCUT2D eigenvalue weighted by molar-refractivity contribution is 0.714. The van der Waals surface area contributed by atoms with Crippen LogP contribution in [0, 0.1) is 5.41 Å². The number of nitrogens with zero attached hydrogens (tertiary/aromatic N) is 2. The summed E-state index contributed by atoms with van der Waals surface area (Å²) in [5, 5.41) is 9.00. The van der Waals surface area contributed by atoms with Crippen molar-refractivity contribution < 1.29 is 0 Å². The fourth-order valence-electron chi connectivity index (χ4n) is 2.82. The number of anilines is 1. The van der Waals surface area contributed by atoms with Crippen LogP contribution in [0.5, 0.6) is 0 Å². The second-order valence-corrected chi connectivity index (χ2v) is 5.73. The van der Waals surface area contributed by atoms with Crippen molar-refractivity contribution in [3.8, 4) is 0 Å². The van der Waals surface area contributed by atoms with Crippen LogP contribution in [0.3, 0.4) is 0 Å². The molecule has 1 aromatic heterocycles. The highest BCUT2D eigenvalue weighted by Gasteiger charge is 2.31. The molecule has 0 saturated heterocycles. The maximum atomic E-state index is 7.89. The Hall–Kier alpha value is -2.10. The average Bonchev–Trinajstić information content (AvgIpc) is 3.32. The fraction of sp³-hybridized carbons (Fsp3) is 0.412. The number of hydrogen-bond donors (Lipinski definition) is 2. The first-order valence-electron chi connectivity index (χ1n) is 7.71. The Morgan fingerprint density at radius 1 is 1.38 bits per heavy atom. The van der Waals surface area contributed by atoms with Crippen molar-refractivity contribution in [2.75, 3.05) is 11.4 Å². The quantitative estimate of drug-likeness (QED) is 0.631. The van der Waals surface area contributed by atoms with Crippen LogP contribution in [0.1, 0.15) is 38.2 Å². The highest BCUT2D eigenvalue weighted by Crippen LogP contribution is 2.37. The van der Waals surface area contributed by atoms with Crippen LogP contribution in [-0.4, -0.2) is 23.4 Å². The lowest BCUT2D eigenvalue weighted by Crippen LogP contribution is -2.30. The van der Waals surface area contributed by atoms with Crippen molar-refractivity contribution in [1.29, 1.82) is 5.41 Å². The van der Waals surface area contributed by atoms with Gasteiger partial charge in [-0.3, -0.25) is 10.4 Å². The van der Waals surface area contributed by atoms with E-state index < -0.39 is 0 Å². The molecule has 1 fully saturated rings. The first-order valence-corrected chi connectivity index (χ1v) is 7.71. The molecule has 0 aliphatic heterocycles. The highest BCUT2D eigenvalue weighted by molar-refractivity contribution is 6.07. The number of para-hydroxylation sites is 1. The summed E-state index contributed by atoms with van der Waals surface area (Å²) in [4.78, 5) is 6.91. The van der Waals surface area contributed by atoms with Crippen molar-refractivity contribution in [2.45, 2.75) is 38.6 Å². The number of aromatic nitrogens is 1. The number of rotatable bonds is 6. The van der Waals surface area contributed by atoms with Crippen molar-refractivity contribution in [1.82, 2.24) is 4.98 Å². The number of fused-ring (bicyclic) bond motifs is 1. The molecule has 1 aromatic carbocycles. The van der Waals surface area contributed by atoms with Gasteiger partial charge in [0.15, 0.2) is 0 Å². The molecule has 1 heterocycles. The van der Waals surface area contributed by atoms with Gasteiger partial charge >= 0.3 is 0 Å². The van der Waals surface area contributed by atoms with Crippen LogP contribution in [0.15, 0.2) is 30.5 Å². The summed E-state index contributed by atoms with van der Waals surface area (Å²) in [7, 11) is 0. The van der Waals surface area contributed by atoms with E-state index in [0.29, 0.717) is 6.04 Å². The maximum absolute atomic E-state index is 7.89. The molecule has 4 heteroatoms. The zero-order chi connectivity index (χ0) is 14.8. The van der Waals surface area contributed by atoms with E-state index >= 15 is 0 Å². The molecule has 3 rings (SSSR count). The van der Waals surface area contributed by atoms with Gasteiger partial charge in [0.25, 0.3) is 0 Å². The monoisotopic (exact) mass is 282 g/mol. The van der Waals surface area contributed by atoms with E-state index in [1.807, 2.05) is 18.2 Å². The van der Waals surface area contributed by atoms with Gasteiger partial charge in [0.05, 0.1) is 16.8 Å². The number of hydrogen-bond acceptors (Lipinski definition) is 3. The summed E-state index contributed by atoms with van der Waals surface area (Å²) < 4.78 is 0. The third-order valence-electron chi connectivity index (χ3n) is 4.06. The predicted molar refractivity (Wildman–Crippen MR) is 88.0 cm³/mol. The van der Waals surface area contributed by atoms with Gasteiger partial charge in [0.1, 0.15) is 5.84 Å². The van der Waals surface area contributed by atoms with E-state index in [9.17, 15) is 0 Å². The lowest BCUT2D eigenvalue weighted by Gasteiger charge is -2.28. The summed E-state index contributed by atoms with van der Waals surface area (Å²) >= 11 is 0. The molecule has 1 saturated carbocycles. The van der Waals surface area contributed by atoms with E-state index in [1.54, 1.807) is 6.20 Å².